The zero-order chi connectivity index (χ0) is 15.5. The number of halogens is 4. The van der Waals surface area contributed by atoms with E-state index in [0.29, 0.717) is 6.07 Å². The van der Waals surface area contributed by atoms with Gasteiger partial charge in [0.15, 0.2) is 0 Å². The lowest BCUT2D eigenvalue weighted by atomic mass is 10.3. The molecule has 0 spiro atoms. The van der Waals surface area contributed by atoms with Crippen molar-refractivity contribution in [2.75, 3.05) is 6.61 Å². The van der Waals surface area contributed by atoms with Gasteiger partial charge in [0, 0.05) is 6.07 Å². The Morgan fingerprint density at radius 2 is 2.15 bits per heavy atom. The van der Waals surface area contributed by atoms with Crippen LogP contribution in [0.25, 0.3) is 0 Å². The first-order valence-electron chi connectivity index (χ1n) is 4.93. The minimum Gasteiger partial charge on any atom is -0.460 e. The molecule has 0 atom stereocenters. The van der Waals surface area contributed by atoms with Gasteiger partial charge in [0.05, 0.1) is 10.2 Å². The Bertz CT molecular complexity index is 549. The third-order valence-corrected chi connectivity index (χ3v) is 2.61. The molecular formula is C9H6F3IN2O5. The second kappa shape index (κ2) is 6.19. The summed E-state index contributed by atoms with van der Waals surface area (Å²) in [6, 6.07) is 0.700. The average molecular weight is 406 g/mol. The smallest absolute Gasteiger partial charge is 0.460 e. The Morgan fingerprint density at radius 3 is 2.60 bits per heavy atom. The quantitative estimate of drug-likeness (QED) is 0.331. The number of alkyl halides is 3. The van der Waals surface area contributed by atoms with Gasteiger partial charge >= 0.3 is 18.1 Å². The topological polar surface area (TPSA) is 91.6 Å². The lowest BCUT2D eigenvalue weighted by Crippen LogP contribution is -2.19. The number of hydrogen-bond donors (Lipinski definition) is 0. The fourth-order valence-electron chi connectivity index (χ4n) is 1.14. The molecule has 110 valence electrons. The van der Waals surface area contributed by atoms with Crippen LogP contribution in [0.2, 0.25) is 0 Å². The molecule has 0 amide bonds. The van der Waals surface area contributed by atoms with Crippen LogP contribution in [0.5, 0.6) is 5.75 Å². The maximum Gasteiger partial charge on any atom is 0.573 e. The summed E-state index contributed by atoms with van der Waals surface area (Å²) in [4.78, 5) is 24.2. The number of esters is 1. The fraction of sp³-hybridized carbons (Fsp3) is 0.333. The second-order valence-electron chi connectivity index (χ2n) is 3.17. The largest absolute Gasteiger partial charge is 0.573 e. The monoisotopic (exact) mass is 406 g/mol. The van der Waals surface area contributed by atoms with Crippen LogP contribution in [0.1, 0.15) is 17.4 Å². The van der Waals surface area contributed by atoms with Crippen LogP contribution in [-0.2, 0) is 4.74 Å². The summed E-state index contributed by atoms with van der Waals surface area (Å²) < 4.78 is 44.4. The van der Waals surface area contributed by atoms with Crippen molar-refractivity contribution in [2.45, 2.75) is 13.3 Å². The van der Waals surface area contributed by atoms with Crippen molar-refractivity contribution < 1.29 is 32.4 Å². The van der Waals surface area contributed by atoms with E-state index in [1.165, 1.54) is 29.5 Å². The molecule has 0 N–H and O–H groups in total. The van der Waals surface area contributed by atoms with Crippen LogP contribution in [-0.4, -0.2) is 28.8 Å². The number of nitrogens with zero attached hydrogens (tertiary/aromatic N) is 2. The number of nitro groups is 1. The Kier molecular flexibility index (Phi) is 5.08. The van der Waals surface area contributed by atoms with E-state index >= 15 is 0 Å². The molecular weight excluding hydrogens is 400 g/mol. The second-order valence-corrected chi connectivity index (χ2v) is 4.33. The highest BCUT2D eigenvalue weighted by atomic mass is 127. The van der Waals surface area contributed by atoms with Gasteiger partial charge < -0.3 is 19.6 Å². The minimum absolute atomic E-state index is 0.00874. The third kappa shape index (κ3) is 4.18. The summed E-state index contributed by atoms with van der Waals surface area (Å²) in [6.45, 7) is 1.49. The molecule has 0 bridgehead atoms. The number of aromatic nitrogens is 1. The van der Waals surface area contributed by atoms with Gasteiger partial charge in [-0.05, 0) is 39.4 Å². The summed E-state index contributed by atoms with van der Waals surface area (Å²) in [6.07, 6.45) is -5.11. The van der Waals surface area contributed by atoms with E-state index in [1.54, 1.807) is 0 Å². The Labute approximate surface area is 123 Å². The van der Waals surface area contributed by atoms with Crippen LogP contribution in [0.15, 0.2) is 6.07 Å². The molecule has 20 heavy (non-hydrogen) atoms. The molecule has 1 aromatic rings. The first kappa shape index (κ1) is 16.4. The fourth-order valence-corrected chi connectivity index (χ4v) is 1.76. The van der Waals surface area contributed by atoms with Gasteiger partial charge in [0.1, 0.15) is 0 Å². The Morgan fingerprint density at radius 1 is 1.55 bits per heavy atom. The van der Waals surface area contributed by atoms with Gasteiger partial charge in [-0.1, -0.05) is 0 Å². The number of hydrogen-bond acceptors (Lipinski definition) is 6. The SMILES string of the molecule is CCOC(=O)c1nc([N+](=O)[O-])c(OC(F)(F)F)cc1I. The maximum absolute atomic E-state index is 12.1. The number of ether oxygens (including phenoxy) is 2. The van der Waals surface area contributed by atoms with Gasteiger partial charge in [-0.25, -0.2) is 4.79 Å². The minimum atomic E-state index is -5.11. The molecule has 0 unspecified atom stereocenters. The molecule has 0 aliphatic carbocycles. The lowest BCUT2D eigenvalue weighted by molar-refractivity contribution is -0.393. The summed E-state index contributed by atoms with van der Waals surface area (Å²) in [5.74, 6) is -3.29. The maximum atomic E-state index is 12.1. The van der Waals surface area contributed by atoms with Crippen LogP contribution < -0.4 is 4.74 Å². The van der Waals surface area contributed by atoms with Gasteiger partial charge in [-0.3, -0.25) is 0 Å². The van der Waals surface area contributed by atoms with Crippen LogP contribution in [0.3, 0.4) is 0 Å². The molecule has 1 rings (SSSR count). The third-order valence-electron chi connectivity index (χ3n) is 1.79. The summed E-state index contributed by atoms with van der Waals surface area (Å²) in [5.41, 5.74) is -0.450. The van der Waals surface area contributed by atoms with Gasteiger partial charge in [0.25, 0.3) is 5.69 Å². The van der Waals surface area contributed by atoms with E-state index in [2.05, 4.69) is 14.5 Å². The molecule has 7 nitrogen and oxygen atoms in total. The normalized spacial score (nSPS) is 11.1. The van der Waals surface area contributed by atoms with E-state index in [4.69, 9.17) is 0 Å². The zero-order valence-corrected chi connectivity index (χ0v) is 11.9. The van der Waals surface area contributed by atoms with E-state index < -0.39 is 34.5 Å². The van der Waals surface area contributed by atoms with Gasteiger partial charge in [-0.2, -0.15) is 0 Å². The lowest BCUT2D eigenvalue weighted by Gasteiger charge is -2.09. The van der Waals surface area contributed by atoms with Gasteiger partial charge in [-0.15, -0.1) is 13.2 Å². The molecule has 1 heterocycles. The van der Waals surface area contributed by atoms with Crippen molar-refractivity contribution in [2.24, 2.45) is 0 Å². The standard InChI is InChI=1S/C9H6F3IN2O5/c1-2-19-8(16)6-4(13)3-5(20-9(10,11)12)7(14-6)15(17)18/h3H,2H2,1H3. The molecule has 0 aromatic carbocycles. The molecule has 0 fully saturated rings. The van der Waals surface area contributed by atoms with E-state index in [0.717, 1.165) is 0 Å². The van der Waals surface area contributed by atoms with E-state index in [-0.39, 0.29) is 10.2 Å². The Hall–Kier alpha value is -1.66. The molecule has 0 radical (unpaired) electrons. The predicted molar refractivity (Wildman–Crippen MR) is 66.2 cm³/mol. The molecule has 11 heteroatoms. The highest BCUT2D eigenvalue weighted by Gasteiger charge is 2.37. The first-order chi connectivity index (χ1) is 9.15. The predicted octanol–water partition coefficient (Wildman–Crippen LogP) is 2.67. The molecule has 1 aromatic heterocycles. The number of rotatable bonds is 4. The van der Waals surface area contributed by atoms with Crippen molar-refractivity contribution in [3.63, 3.8) is 0 Å². The van der Waals surface area contributed by atoms with Crippen LogP contribution in [0.4, 0.5) is 19.0 Å². The zero-order valence-electron chi connectivity index (χ0n) is 9.73. The molecule has 0 saturated carbocycles. The Balaban J connectivity index is 3.32. The first-order valence-corrected chi connectivity index (χ1v) is 6.01. The number of carbonyl (C=O) groups excluding carboxylic acids is 1. The van der Waals surface area contributed by atoms with Crippen molar-refractivity contribution in [3.8, 4) is 5.75 Å². The molecule has 0 aliphatic rings. The summed E-state index contributed by atoms with van der Waals surface area (Å²) >= 11 is 1.50. The average Bonchev–Trinajstić information content (AvgIpc) is 2.26. The van der Waals surface area contributed by atoms with Gasteiger partial charge in [0.2, 0.25) is 5.75 Å². The number of pyridine rings is 1. The summed E-state index contributed by atoms with van der Waals surface area (Å²) in [5, 5.41) is 10.7. The summed E-state index contributed by atoms with van der Waals surface area (Å²) in [7, 11) is 0. The van der Waals surface area contributed by atoms with Crippen molar-refractivity contribution >= 4 is 34.4 Å². The number of carbonyl (C=O) groups is 1. The molecule has 0 saturated heterocycles. The van der Waals surface area contributed by atoms with Crippen LogP contribution >= 0.6 is 22.6 Å². The molecule has 0 aliphatic heterocycles. The highest BCUT2D eigenvalue weighted by molar-refractivity contribution is 14.1. The van der Waals surface area contributed by atoms with Crippen molar-refractivity contribution in [1.82, 2.24) is 4.98 Å². The van der Waals surface area contributed by atoms with Crippen LogP contribution in [0, 0.1) is 13.7 Å². The van der Waals surface area contributed by atoms with E-state index in [9.17, 15) is 28.1 Å². The van der Waals surface area contributed by atoms with Crippen molar-refractivity contribution in [3.05, 3.63) is 25.4 Å². The van der Waals surface area contributed by atoms with Crippen molar-refractivity contribution in [1.29, 1.82) is 0 Å². The van der Waals surface area contributed by atoms with E-state index in [1.807, 2.05) is 0 Å². The highest BCUT2D eigenvalue weighted by Crippen LogP contribution is 2.32.